The maximum Gasteiger partial charge on any atom is 0.163 e. The molecule has 2 rings (SSSR count). The van der Waals surface area contributed by atoms with Crippen molar-refractivity contribution in [3.8, 4) is 0 Å². The second-order valence-corrected chi connectivity index (χ2v) is 4.86. The maximum atomic E-state index is 13.9. The van der Waals surface area contributed by atoms with Crippen LogP contribution in [0.4, 0.5) is 8.78 Å². The van der Waals surface area contributed by atoms with Crippen molar-refractivity contribution in [3.63, 3.8) is 0 Å². The predicted molar refractivity (Wildman–Crippen MR) is 69.8 cm³/mol. The van der Waals surface area contributed by atoms with Gasteiger partial charge in [0.15, 0.2) is 11.6 Å². The molecule has 5 heteroatoms. The Hall–Kier alpha value is -1.04. The van der Waals surface area contributed by atoms with E-state index in [1.54, 1.807) is 13.2 Å². The normalized spacial score (nSPS) is 16.9. The number of benzene rings is 1. The highest BCUT2D eigenvalue weighted by Crippen LogP contribution is 2.34. The largest absolute Gasteiger partial charge is 0.383 e. The van der Waals surface area contributed by atoms with E-state index in [4.69, 9.17) is 10.5 Å². The van der Waals surface area contributed by atoms with Gasteiger partial charge in [-0.1, -0.05) is 12.1 Å². The third-order valence-corrected chi connectivity index (χ3v) is 3.53. The standard InChI is InChI=1S/C14H20F2N2O/c1-19-8-7-18(10-5-6-10)13(9-17)11-3-2-4-12(15)14(11)16/h2-4,10,13H,5-9,17H2,1H3. The molecule has 1 aromatic rings. The first-order chi connectivity index (χ1) is 9.19. The van der Waals surface area contributed by atoms with E-state index in [2.05, 4.69) is 4.90 Å². The molecular weight excluding hydrogens is 250 g/mol. The SMILES string of the molecule is COCCN(C1CC1)C(CN)c1cccc(F)c1F. The summed E-state index contributed by atoms with van der Waals surface area (Å²) >= 11 is 0. The van der Waals surface area contributed by atoms with Crippen molar-refractivity contribution >= 4 is 0 Å². The van der Waals surface area contributed by atoms with Crippen LogP contribution in [0.25, 0.3) is 0 Å². The van der Waals surface area contributed by atoms with Gasteiger partial charge in [-0.3, -0.25) is 4.90 Å². The summed E-state index contributed by atoms with van der Waals surface area (Å²) in [5.74, 6) is -1.61. The lowest BCUT2D eigenvalue weighted by Crippen LogP contribution is -2.38. The van der Waals surface area contributed by atoms with E-state index < -0.39 is 11.6 Å². The van der Waals surface area contributed by atoms with Crippen LogP contribution < -0.4 is 5.73 Å². The zero-order valence-electron chi connectivity index (χ0n) is 11.1. The van der Waals surface area contributed by atoms with E-state index in [0.29, 0.717) is 24.8 Å². The van der Waals surface area contributed by atoms with Gasteiger partial charge < -0.3 is 10.5 Å². The van der Waals surface area contributed by atoms with Crippen molar-refractivity contribution in [1.82, 2.24) is 4.90 Å². The van der Waals surface area contributed by atoms with E-state index in [9.17, 15) is 8.78 Å². The molecule has 1 unspecified atom stereocenters. The Kier molecular flexibility index (Phi) is 4.85. The molecule has 0 aromatic heterocycles. The van der Waals surface area contributed by atoms with E-state index >= 15 is 0 Å². The number of hydrogen-bond acceptors (Lipinski definition) is 3. The highest BCUT2D eigenvalue weighted by Gasteiger charge is 2.35. The molecule has 2 N–H and O–H groups in total. The number of nitrogens with zero attached hydrogens (tertiary/aromatic N) is 1. The molecule has 106 valence electrons. The molecule has 0 saturated heterocycles. The van der Waals surface area contributed by atoms with Crippen LogP contribution in [0.5, 0.6) is 0 Å². The number of halogens is 2. The summed E-state index contributed by atoms with van der Waals surface area (Å²) in [6.07, 6.45) is 2.16. The van der Waals surface area contributed by atoms with Crippen LogP contribution in [-0.4, -0.2) is 37.7 Å². The Balaban J connectivity index is 2.23. The fraction of sp³-hybridized carbons (Fsp3) is 0.571. The minimum Gasteiger partial charge on any atom is -0.383 e. The zero-order chi connectivity index (χ0) is 13.8. The molecule has 0 bridgehead atoms. The lowest BCUT2D eigenvalue weighted by Gasteiger charge is -2.31. The van der Waals surface area contributed by atoms with Crippen LogP contribution in [-0.2, 0) is 4.74 Å². The van der Waals surface area contributed by atoms with Crippen LogP contribution in [0.1, 0.15) is 24.4 Å². The Labute approximate surface area is 112 Å². The lowest BCUT2D eigenvalue weighted by molar-refractivity contribution is 0.114. The molecule has 1 aliphatic carbocycles. The highest BCUT2D eigenvalue weighted by molar-refractivity contribution is 5.23. The van der Waals surface area contributed by atoms with Gasteiger partial charge in [-0.15, -0.1) is 0 Å². The first kappa shape index (κ1) is 14.4. The quantitative estimate of drug-likeness (QED) is 0.824. The molecule has 0 spiro atoms. The van der Waals surface area contributed by atoms with Gasteiger partial charge in [-0.25, -0.2) is 8.78 Å². The van der Waals surface area contributed by atoms with Crippen molar-refractivity contribution in [3.05, 3.63) is 35.4 Å². The average Bonchev–Trinajstić information content (AvgIpc) is 3.23. The van der Waals surface area contributed by atoms with E-state index in [0.717, 1.165) is 18.9 Å². The molecule has 0 heterocycles. The monoisotopic (exact) mass is 270 g/mol. The molecule has 0 aliphatic heterocycles. The molecular formula is C14H20F2N2O. The van der Waals surface area contributed by atoms with Gasteiger partial charge in [-0.2, -0.15) is 0 Å². The van der Waals surface area contributed by atoms with Crippen molar-refractivity contribution < 1.29 is 13.5 Å². The van der Waals surface area contributed by atoms with Crippen LogP contribution in [0.3, 0.4) is 0 Å². The molecule has 1 fully saturated rings. The Morgan fingerprint density at radius 2 is 2.16 bits per heavy atom. The third-order valence-electron chi connectivity index (χ3n) is 3.53. The molecule has 1 aliphatic rings. The Bertz CT molecular complexity index is 424. The van der Waals surface area contributed by atoms with E-state index in [-0.39, 0.29) is 12.6 Å². The third kappa shape index (κ3) is 3.29. The summed E-state index contributed by atoms with van der Waals surface area (Å²) in [4.78, 5) is 2.13. The number of methoxy groups -OCH3 is 1. The van der Waals surface area contributed by atoms with Gasteiger partial charge in [0.25, 0.3) is 0 Å². The smallest absolute Gasteiger partial charge is 0.163 e. The molecule has 1 saturated carbocycles. The summed E-state index contributed by atoms with van der Waals surface area (Å²) in [5, 5.41) is 0. The fourth-order valence-corrected chi connectivity index (χ4v) is 2.41. The first-order valence-electron chi connectivity index (χ1n) is 6.57. The topological polar surface area (TPSA) is 38.5 Å². The lowest BCUT2D eigenvalue weighted by atomic mass is 10.0. The zero-order valence-corrected chi connectivity index (χ0v) is 11.1. The van der Waals surface area contributed by atoms with Crippen molar-refractivity contribution in [2.45, 2.75) is 24.9 Å². The minimum atomic E-state index is -0.821. The number of rotatable bonds is 7. The average molecular weight is 270 g/mol. The summed E-state index contributed by atoms with van der Waals surface area (Å²) in [6.45, 7) is 1.50. The molecule has 19 heavy (non-hydrogen) atoms. The summed E-state index contributed by atoms with van der Waals surface area (Å²) in [5.41, 5.74) is 6.13. The van der Waals surface area contributed by atoms with Gasteiger partial charge in [0, 0.05) is 31.8 Å². The number of hydrogen-bond donors (Lipinski definition) is 1. The second kappa shape index (κ2) is 6.41. The van der Waals surface area contributed by atoms with Crippen LogP contribution in [0.2, 0.25) is 0 Å². The summed E-state index contributed by atoms with van der Waals surface area (Å²) in [7, 11) is 1.63. The van der Waals surface area contributed by atoms with Gasteiger partial charge in [0.05, 0.1) is 12.6 Å². The van der Waals surface area contributed by atoms with Crippen LogP contribution >= 0.6 is 0 Å². The molecule has 1 aromatic carbocycles. The summed E-state index contributed by atoms with van der Waals surface area (Å²) < 4.78 is 32.4. The van der Waals surface area contributed by atoms with Gasteiger partial charge >= 0.3 is 0 Å². The predicted octanol–water partition coefficient (Wildman–Crippen LogP) is 2.08. The molecule has 3 nitrogen and oxygen atoms in total. The van der Waals surface area contributed by atoms with Crippen molar-refractivity contribution in [2.24, 2.45) is 5.73 Å². The molecule has 1 atom stereocenters. The van der Waals surface area contributed by atoms with Gasteiger partial charge in [0.1, 0.15) is 0 Å². The molecule has 0 radical (unpaired) electrons. The second-order valence-electron chi connectivity index (χ2n) is 4.86. The minimum absolute atomic E-state index is 0.264. The van der Waals surface area contributed by atoms with Crippen molar-refractivity contribution in [1.29, 1.82) is 0 Å². The van der Waals surface area contributed by atoms with Gasteiger partial charge in [0.2, 0.25) is 0 Å². The first-order valence-corrected chi connectivity index (χ1v) is 6.57. The highest BCUT2D eigenvalue weighted by atomic mass is 19.2. The molecule has 0 amide bonds. The fourth-order valence-electron chi connectivity index (χ4n) is 2.41. The van der Waals surface area contributed by atoms with E-state index in [1.165, 1.54) is 6.07 Å². The Morgan fingerprint density at radius 3 is 2.74 bits per heavy atom. The van der Waals surface area contributed by atoms with Crippen LogP contribution in [0.15, 0.2) is 18.2 Å². The maximum absolute atomic E-state index is 13.9. The number of ether oxygens (including phenoxy) is 1. The van der Waals surface area contributed by atoms with Gasteiger partial charge in [-0.05, 0) is 18.9 Å². The Morgan fingerprint density at radius 1 is 1.42 bits per heavy atom. The number of nitrogens with two attached hydrogens (primary N) is 1. The van der Waals surface area contributed by atoms with Crippen LogP contribution in [0, 0.1) is 11.6 Å². The summed E-state index contributed by atoms with van der Waals surface area (Å²) in [6, 6.07) is 4.38. The van der Waals surface area contributed by atoms with E-state index in [1.807, 2.05) is 0 Å². The van der Waals surface area contributed by atoms with Crippen molar-refractivity contribution in [2.75, 3.05) is 26.8 Å².